The molecule has 8 nitrogen and oxygen atoms in total. The van der Waals surface area contributed by atoms with Gasteiger partial charge < -0.3 is 10.4 Å². The maximum Gasteiger partial charge on any atom is 0.307 e. The number of nitrogens with one attached hydrogen (secondary N) is 1. The van der Waals surface area contributed by atoms with Gasteiger partial charge in [-0.15, -0.1) is 5.10 Å². The van der Waals surface area contributed by atoms with Crippen LogP contribution >= 0.6 is 23.4 Å². The Kier molecular flexibility index (Phi) is 6.04. The first kappa shape index (κ1) is 21.0. The van der Waals surface area contributed by atoms with Gasteiger partial charge in [-0.2, -0.15) is 4.98 Å². The van der Waals surface area contributed by atoms with Crippen LogP contribution in [0.15, 0.2) is 23.4 Å². The van der Waals surface area contributed by atoms with Gasteiger partial charge in [0.1, 0.15) is 5.82 Å². The lowest BCUT2D eigenvalue weighted by Gasteiger charge is -2.10. The average molecular weight is 438 g/mol. The smallest absolute Gasteiger partial charge is 0.307 e. The van der Waals surface area contributed by atoms with Crippen LogP contribution in [0.1, 0.15) is 23.9 Å². The van der Waals surface area contributed by atoms with Gasteiger partial charge in [-0.05, 0) is 39.0 Å². The number of rotatable bonds is 6. The number of carboxylic acid groups (broad SMARTS) is 1. The lowest BCUT2D eigenvalue weighted by Crippen LogP contribution is -2.22. The number of amides is 1. The monoisotopic (exact) mass is 437 g/mol. The SMILES string of the molecule is Cc1nc2nc(S[C@@H](C)C(=O)Nc3ccc(F)c(Cl)c3)nn2c(C)c1CC(=O)O. The maximum absolute atomic E-state index is 13.2. The highest BCUT2D eigenvalue weighted by Gasteiger charge is 2.20. The topological polar surface area (TPSA) is 109 Å². The molecule has 1 atom stereocenters. The summed E-state index contributed by atoms with van der Waals surface area (Å²) in [5.41, 5.74) is 2.15. The quantitative estimate of drug-likeness (QED) is 0.569. The summed E-state index contributed by atoms with van der Waals surface area (Å²) in [5.74, 6) is -1.53. The number of hydrogen-bond acceptors (Lipinski definition) is 6. The minimum Gasteiger partial charge on any atom is -0.481 e. The highest BCUT2D eigenvalue weighted by Crippen LogP contribution is 2.24. The number of carboxylic acids is 1. The number of fused-ring (bicyclic) bond motifs is 1. The third kappa shape index (κ3) is 4.65. The van der Waals surface area contributed by atoms with Crippen LogP contribution in [0.25, 0.3) is 5.78 Å². The van der Waals surface area contributed by atoms with Crippen LogP contribution in [0.2, 0.25) is 5.02 Å². The molecule has 2 aromatic heterocycles. The lowest BCUT2D eigenvalue weighted by molar-refractivity contribution is -0.136. The molecule has 0 spiro atoms. The molecule has 1 amide bonds. The molecule has 152 valence electrons. The fourth-order valence-electron chi connectivity index (χ4n) is 2.68. The zero-order chi connectivity index (χ0) is 21.3. The third-order valence-corrected chi connectivity index (χ3v) is 5.44. The normalized spacial score (nSPS) is 12.2. The predicted octanol–water partition coefficient (Wildman–Crippen LogP) is 3.28. The molecule has 2 N–H and O–H groups in total. The van der Waals surface area contributed by atoms with Crippen LogP contribution in [-0.4, -0.2) is 41.8 Å². The van der Waals surface area contributed by atoms with E-state index < -0.39 is 17.0 Å². The van der Waals surface area contributed by atoms with Gasteiger partial charge in [0.25, 0.3) is 5.78 Å². The number of aliphatic carboxylic acids is 1. The number of thioether (sulfide) groups is 1. The average Bonchev–Trinajstić information content (AvgIpc) is 3.04. The van der Waals surface area contributed by atoms with Crippen LogP contribution in [-0.2, 0) is 16.0 Å². The molecule has 29 heavy (non-hydrogen) atoms. The van der Waals surface area contributed by atoms with Gasteiger partial charge in [-0.25, -0.2) is 13.9 Å². The van der Waals surface area contributed by atoms with Crippen LogP contribution in [0, 0.1) is 19.7 Å². The van der Waals surface area contributed by atoms with Crippen molar-refractivity contribution in [1.82, 2.24) is 19.6 Å². The molecule has 0 aliphatic heterocycles. The molecule has 0 saturated carbocycles. The van der Waals surface area contributed by atoms with Crippen molar-refractivity contribution >= 4 is 46.7 Å². The van der Waals surface area contributed by atoms with E-state index in [0.717, 1.165) is 11.8 Å². The Labute approximate surface area is 174 Å². The number of nitrogens with zero attached hydrogens (tertiary/aromatic N) is 4. The number of aromatic nitrogens is 4. The van der Waals surface area contributed by atoms with E-state index in [-0.39, 0.29) is 17.4 Å². The molecular weight excluding hydrogens is 421 g/mol. The van der Waals surface area contributed by atoms with Crippen molar-refractivity contribution in [3.63, 3.8) is 0 Å². The van der Waals surface area contributed by atoms with Crippen molar-refractivity contribution < 1.29 is 19.1 Å². The van der Waals surface area contributed by atoms with E-state index in [9.17, 15) is 14.0 Å². The molecule has 3 rings (SSSR count). The minimum absolute atomic E-state index is 0.0841. The Morgan fingerprint density at radius 3 is 2.72 bits per heavy atom. The van der Waals surface area contributed by atoms with Crippen LogP contribution in [0.3, 0.4) is 0 Å². The summed E-state index contributed by atoms with van der Waals surface area (Å²) < 4.78 is 14.7. The number of aryl methyl sites for hydroxylation is 2. The summed E-state index contributed by atoms with van der Waals surface area (Å²) in [6.07, 6.45) is -0.165. The van der Waals surface area contributed by atoms with Gasteiger partial charge in [0.15, 0.2) is 0 Å². The summed E-state index contributed by atoms with van der Waals surface area (Å²) >= 11 is 6.85. The van der Waals surface area contributed by atoms with E-state index >= 15 is 0 Å². The second kappa shape index (κ2) is 8.34. The Morgan fingerprint density at radius 2 is 2.07 bits per heavy atom. The zero-order valence-corrected chi connectivity index (χ0v) is 17.3. The van der Waals surface area contributed by atoms with Gasteiger partial charge in [0.05, 0.1) is 16.7 Å². The van der Waals surface area contributed by atoms with Crippen molar-refractivity contribution in [2.75, 3.05) is 5.32 Å². The van der Waals surface area contributed by atoms with E-state index in [1.54, 1.807) is 20.8 Å². The van der Waals surface area contributed by atoms with E-state index in [1.165, 1.54) is 22.7 Å². The van der Waals surface area contributed by atoms with Gasteiger partial charge in [0, 0.05) is 22.6 Å². The van der Waals surface area contributed by atoms with Crippen LogP contribution in [0.4, 0.5) is 10.1 Å². The summed E-state index contributed by atoms with van der Waals surface area (Å²) in [6, 6.07) is 3.92. The van der Waals surface area contributed by atoms with Crippen molar-refractivity contribution in [3.05, 3.63) is 46.0 Å². The molecular formula is C18H17ClFN5O3S. The molecule has 1 aromatic carbocycles. The molecule has 0 unspecified atom stereocenters. The molecule has 0 fully saturated rings. The van der Waals surface area contributed by atoms with Crippen LogP contribution < -0.4 is 5.32 Å². The van der Waals surface area contributed by atoms with E-state index in [4.69, 9.17) is 16.7 Å². The van der Waals surface area contributed by atoms with Crippen molar-refractivity contribution in [3.8, 4) is 0 Å². The molecule has 0 saturated heterocycles. The summed E-state index contributed by atoms with van der Waals surface area (Å²) in [5, 5.41) is 15.8. The van der Waals surface area contributed by atoms with Gasteiger partial charge in [-0.3, -0.25) is 9.59 Å². The first-order valence-electron chi connectivity index (χ1n) is 8.53. The largest absolute Gasteiger partial charge is 0.481 e. The van der Waals surface area contributed by atoms with Gasteiger partial charge in [0.2, 0.25) is 11.1 Å². The first-order chi connectivity index (χ1) is 13.7. The molecule has 2 heterocycles. The number of halogens is 2. The maximum atomic E-state index is 13.2. The number of hydrogen-bond donors (Lipinski definition) is 2. The molecule has 0 radical (unpaired) electrons. The van der Waals surface area contributed by atoms with E-state index in [0.29, 0.717) is 33.6 Å². The summed E-state index contributed by atoms with van der Waals surface area (Å²) in [6.45, 7) is 5.15. The molecule has 0 aliphatic rings. The number of anilines is 1. The summed E-state index contributed by atoms with van der Waals surface area (Å²) in [7, 11) is 0. The van der Waals surface area contributed by atoms with Crippen molar-refractivity contribution in [1.29, 1.82) is 0 Å². The van der Waals surface area contributed by atoms with E-state index in [1.807, 2.05) is 0 Å². The van der Waals surface area contributed by atoms with Crippen molar-refractivity contribution in [2.24, 2.45) is 0 Å². The molecule has 0 aliphatic carbocycles. The number of carbonyl (C=O) groups excluding carboxylic acids is 1. The number of carbonyl (C=O) groups is 2. The Bertz CT molecular complexity index is 1120. The second-order valence-corrected chi connectivity index (χ2v) is 8.03. The predicted molar refractivity (Wildman–Crippen MR) is 107 cm³/mol. The molecule has 0 bridgehead atoms. The second-order valence-electron chi connectivity index (χ2n) is 6.32. The first-order valence-corrected chi connectivity index (χ1v) is 9.78. The minimum atomic E-state index is -0.960. The summed E-state index contributed by atoms with van der Waals surface area (Å²) in [4.78, 5) is 32.1. The Balaban J connectivity index is 1.78. The molecule has 11 heteroatoms. The Morgan fingerprint density at radius 1 is 1.34 bits per heavy atom. The Hall–Kier alpha value is -2.72. The van der Waals surface area contributed by atoms with E-state index in [2.05, 4.69) is 20.4 Å². The standard InChI is InChI=1S/C18H17ClFN5O3S/c1-8-12(7-15(26)27)9(2)25-17(21-8)23-18(24-25)29-10(3)16(28)22-11-4-5-14(20)13(19)6-11/h4-6,10H,7H2,1-3H3,(H,22,28)(H,26,27)/t10-/m0/s1. The zero-order valence-electron chi connectivity index (χ0n) is 15.7. The fraction of sp³-hybridized carbons (Fsp3) is 0.278. The van der Waals surface area contributed by atoms with Gasteiger partial charge in [-0.1, -0.05) is 23.4 Å². The third-order valence-electron chi connectivity index (χ3n) is 4.20. The number of benzene rings is 1. The lowest BCUT2D eigenvalue weighted by atomic mass is 10.1. The highest BCUT2D eigenvalue weighted by atomic mass is 35.5. The highest BCUT2D eigenvalue weighted by molar-refractivity contribution is 8.00. The van der Waals surface area contributed by atoms with Crippen molar-refractivity contribution in [2.45, 2.75) is 37.6 Å². The molecule has 3 aromatic rings. The van der Waals surface area contributed by atoms with Gasteiger partial charge >= 0.3 is 5.97 Å². The van der Waals surface area contributed by atoms with Crippen LogP contribution in [0.5, 0.6) is 0 Å². The fourth-order valence-corrected chi connectivity index (χ4v) is 3.60.